The smallest absolute Gasteiger partial charge is 0.260 e. The number of hydrogen-bond donors (Lipinski definition) is 3. The number of aryl methyl sites for hydroxylation is 1. The first-order chi connectivity index (χ1) is 16.5. The number of carbonyl (C=O) groups excluding carboxylic acids is 2. The molecule has 7 nitrogen and oxygen atoms in total. The molecule has 2 aliphatic rings. The number of fused-ring (bicyclic) bond motifs is 1. The molecule has 2 amide bonds. The van der Waals surface area contributed by atoms with Gasteiger partial charge in [-0.15, -0.1) is 0 Å². The van der Waals surface area contributed by atoms with Crippen molar-refractivity contribution in [3.8, 4) is 5.75 Å². The molecule has 1 fully saturated rings. The summed E-state index contributed by atoms with van der Waals surface area (Å²) in [5.74, 6) is 0.555. The summed E-state index contributed by atoms with van der Waals surface area (Å²) >= 11 is 0. The molecule has 0 aromatic heterocycles. The molecule has 1 unspecified atom stereocenters. The molecule has 1 aliphatic heterocycles. The Kier molecular flexibility index (Phi) is 8.19. The normalized spacial score (nSPS) is 19.6. The summed E-state index contributed by atoms with van der Waals surface area (Å²) in [6.45, 7) is 2.54. The van der Waals surface area contributed by atoms with Gasteiger partial charge < -0.3 is 9.64 Å². The topological polar surface area (TPSA) is 90.9 Å². The Hall–Kier alpha value is -2.90. The van der Waals surface area contributed by atoms with Gasteiger partial charge in [0.15, 0.2) is 0 Å². The van der Waals surface area contributed by atoms with E-state index in [1.807, 2.05) is 55.5 Å². The van der Waals surface area contributed by atoms with E-state index in [1.54, 1.807) is 10.4 Å². The summed E-state index contributed by atoms with van der Waals surface area (Å²) in [6.07, 6.45) is 7.55. The van der Waals surface area contributed by atoms with Gasteiger partial charge in [-0.3, -0.25) is 20.1 Å². The third kappa shape index (κ3) is 5.96. The Labute approximate surface area is 201 Å². The molecule has 1 heterocycles. The second-order valence-electron chi connectivity index (χ2n) is 9.52. The highest BCUT2D eigenvalue weighted by molar-refractivity contribution is 5.99. The van der Waals surface area contributed by atoms with Crippen LogP contribution >= 0.6 is 0 Å². The lowest BCUT2D eigenvalue weighted by Crippen LogP contribution is -2.55. The number of rotatable bonds is 8. The highest BCUT2D eigenvalue weighted by Crippen LogP contribution is 2.33. The molecule has 2 aromatic carbocycles. The maximum Gasteiger partial charge on any atom is 0.260 e. The Bertz CT molecular complexity index is 972. The molecule has 2 aromatic rings. The van der Waals surface area contributed by atoms with Crippen LogP contribution in [0.15, 0.2) is 48.5 Å². The maximum absolute atomic E-state index is 13.7. The van der Waals surface area contributed by atoms with Gasteiger partial charge in [-0.25, -0.2) is 5.48 Å². The third-order valence-corrected chi connectivity index (χ3v) is 7.00. The predicted molar refractivity (Wildman–Crippen MR) is 131 cm³/mol. The monoisotopic (exact) mass is 465 g/mol. The van der Waals surface area contributed by atoms with E-state index in [0.717, 1.165) is 17.5 Å². The number of nitrogens with one attached hydrogen (secondary N) is 2. The van der Waals surface area contributed by atoms with Crippen molar-refractivity contribution < 1.29 is 19.5 Å². The summed E-state index contributed by atoms with van der Waals surface area (Å²) in [5, 5.41) is 12.5. The van der Waals surface area contributed by atoms with Gasteiger partial charge >= 0.3 is 0 Å². The zero-order valence-corrected chi connectivity index (χ0v) is 19.8. The fourth-order valence-corrected chi connectivity index (χ4v) is 5.00. The van der Waals surface area contributed by atoms with E-state index in [1.165, 1.54) is 32.1 Å². The zero-order chi connectivity index (χ0) is 23.9. The summed E-state index contributed by atoms with van der Waals surface area (Å²) in [7, 11) is 0. The molecular formula is C27H35N3O4. The maximum atomic E-state index is 13.7. The molecule has 0 spiro atoms. The van der Waals surface area contributed by atoms with Crippen LogP contribution in [-0.4, -0.2) is 35.7 Å². The number of hydrogen-bond acceptors (Lipinski definition) is 5. The molecule has 4 rings (SSSR count). The molecule has 1 saturated carbocycles. The molecule has 1 aliphatic carbocycles. The molecule has 7 heteroatoms. The number of nitrogens with zero attached hydrogens (tertiary/aromatic N) is 1. The van der Waals surface area contributed by atoms with Crippen LogP contribution in [0.3, 0.4) is 0 Å². The van der Waals surface area contributed by atoms with Gasteiger partial charge in [0.05, 0.1) is 18.3 Å². The predicted octanol–water partition coefficient (Wildman–Crippen LogP) is 4.11. The fourth-order valence-electron chi connectivity index (χ4n) is 5.00. The van der Waals surface area contributed by atoms with Gasteiger partial charge in [-0.2, -0.15) is 0 Å². The van der Waals surface area contributed by atoms with E-state index in [9.17, 15) is 14.8 Å². The lowest BCUT2D eigenvalue weighted by molar-refractivity contribution is -0.132. The van der Waals surface area contributed by atoms with Crippen LogP contribution in [0.4, 0.5) is 5.69 Å². The van der Waals surface area contributed by atoms with Crippen LogP contribution in [-0.2, 0) is 16.1 Å². The molecule has 2 atom stereocenters. The van der Waals surface area contributed by atoms with Crippen LogP contribution in [0.2, 0.25) is 0 Å². The lowest BCUT2D eigenvalue weighted by atomic mass is 9.85. The van der Waals surface area contributed by atoms with E-state index in [0.29, 0.717) is 30.3 Å². The lowest BCUT2D eigenvalue weighted by Gasteiger charge is -2.28. The van der Waals surface area contributed by atoms with Crippen LogP contribution < -0.4 is 20.4 Å². The second-order valence-corrected chi connectivity index (χ2v) is 9.52. The van der Waals surface area contributed by atoms with Gasteiger partial charge in [0.1, 0.15) is 18.4 Å². The van der Waals surface area contributed by atoms with Crippen molar-refractivity contribution in [2.45, 2.75) is 70.5 Å². The number of para-hydroxylation sites is 2. The first-order valence-corrected chi connectivity index (χ1v) is 12.3. The highest BCUT2D eigenvalue weighted by Gasteiger charge is 2.34. The fraction of sp³-hybridized carbons (Fsp3) is 0.481. The van der Waals surface area contributed by atoms with Crippen molar-refractivity contribution in [3.63, 3.8) is 0 Å². The molecule has 182 valence electrons. The van der Waals surface area contributed by atoms with E-state index in [-0.39, 0.29) is 12.5 Å². The Morgan fingerprint density at radius 3 is 2.59 bits per heavy atom. The summed E-state index contributed by atoms with van der Waals surface area (Å²) < 4.78 is 6.01. The van der Waals surface area contributed by atoms with Gasteiger partial charge in [-0.05, 0) is 43.4 Å². The van der Waals surface area contributed by atoms with Crippen LogP contribution in [0, 0.1) is 12.8 Å². The zero-order valence-electron chi connectivity index (χ0n) is 19.8. The van der Waals surface area contributed by atoms with E-state index >= 15 is 0 Å². The molecule has 0 radical (unpaired) electrons. The quantitative estimate of drug-likeness (QED) is 0.403. The second kappa shape index (κ2) is 11.5. The van der Waals surface area contributed by atoms with Gasteiger partial charge in [0.25, 0.3) is 5.91 Å². The minimum Gasteiger partial charge on any atom is -0.489 e. The molecule has 0 bridgehead atoms. The van der Waals surface area contributed by atoms with E-state index in [4.69, 9.17) is 4.74 Å². The molecular weight excluding hydrogens is 430 g/mol. The van der Waals surface area contributed by atoms with Crippen molar-refractivity contribution in [1.29, 1.82) is 0 Å². The largest absolute Gasteiger partial charge is 0.489 e. The van der Waals surface area contributed by atoms with Crippen molar-refractivity contribution in [1.82, 2.24) is 10.8 Å². The van der Waals surface area contributed by atoms with Crippen LogP contribution in [0.25, 0.3) is 0 Å². The average molecular weight is 466 g/mol. The summed E-state index contributed by atoms with van der Waals surface area (Å²) in [4.78, 5) is 27.9. The minimum absolute atomic E-state index is 0.110. The highest BCUT2D eigenvalue weighted by atomic mass is 16.5. The van der Waals surface area contributed by atoms with Gasteiger partial charge in [0, 0.05) is 0 Å². The van der Waals surface area contributed by atoms with Gasteiger partial charge in [-0.1, -0.05) is 74.1 Å². The SMILES string of the molecule is Cc1ccc(CN2C(=O)C(N[C@@H](CCC3CCCCC3)C(=O)NO)COc3ccccc32)cc1. The number of benzene rings is 2. The third-order valence-electron chi connectivity index (χ3n) is 7.00. The van der Waals surface area contributed by atoms with Crippen molar-refractivity contribution in [2.75, 3.05) is 11.5 Å². The van der Waals surface area contributed by atoms with Crippen molar-refractivity contribution >= 4 is 17.5 Å². The number of carbonyl (C=O) groups is 2. The Balaban J connectivity index is 1.52. The molecule has 0 saturated heterocycles. The van der Waals surface area contributed by atoms with Crippen molar-refractivity contribution in [3.05, 3.63) is 59.7 Å². The van der Waals surface area contributed by atoms with Crippen LogP contribution in [0.5, 0.6) is 5.75 Å². The number of ether oxygens (including phenoxy) is 1. The van der Waals surface area contributed by atoms with Crippen LogP contribution in [0.1, 0.15) is 56.1 Å². The standard InChI is InChI=1S/C27H35N3O4/c1-19-11-13-21(14-12-19)17-30-24-9-5-6-10-25(24)34-18-23(27(30)32)28-22(26(31)29-33)16-15-20-7-3-2-4-8-20/h5-6,9-14,20,22-23,28,33H,2-4,7-8,15-18H2,1H3,(H,29,31)/t22-,23?/m0/s1. The van der Waals surface area contributed by atoms with E-state index < -0.39 is 18.0 Å². The summed E-state index contributed by atoms with van der Waals surface area (Å²) in [5.41, 5.74) is 4.66. The number of hydroxylamine groups is 1. The van der Waals surface area contributed by atoms with Crippen molar-refractivity contribution in [2.24, 2.45) is 5.92 Å². The summed E-state index contributed by atoms with van der Waals surface area (Å²) in [6, 6.07) is 14.2. The Morgan fingerprint density at radius 1 is 1.12 bits per heavy atom. The first kappa shape index (κ1) is 24.2. The van der Waals surface area contributed by atoms with E-state index in [2.05, 4.69) is 5.32 Å². The number of amides is 2. The average Bonchev–Trinajstić information content (AvgIpc) is 3.00. The molecule has 3 N–H and O–H groups in total. The number of anilines is 1. The molecule has 34 heavy (non-hydrogen) atoms. The minimum atomic E-state index is -0.716. The van der Waals surface area contributed by atoms with Gasteiger partial charge in [0.2, 0.25) is 5.91 Å². The Morgan fingerprint density at radius 2 is 1.85 bits per heavy atom. The first-order valence-electron chi connectivity index (χ1n) is 12.3.